The van der Waals surface area contributed by atoms with Crippen LogP contribution in [0.1, 0.15) is 113 Å². The third kappa shape index (κ3) is 7.96. The van der Waals surface area contributed by atoms with Gasteiger partial charge in [-0.05, 0) is 109 Å². The summed E-state index contributed by atoms with van der Waals surface area (Å²) >= 11 is 0. The second-order valence-electron chi connectivity index (χ2n) is 23.5. The van der Waals surface area contributed by atoms with E-state index in [4.69, 9.17) is 28.4 Å². The molecule has 66 heavy (non-hydrogen) atoms. The van der Waals surface area contributed by atoms with Crippen molar-refractivity contribution in [2.24, 2.45) is 50.2 Å². The number of fused-ring (bicyclic) bond motifs is 7. The SMILES string of the molecule is CC1(C)CCC2(C(=O)OC3OC(CO)C(O)C(O)C3O)CCC3(C)C(=CCC4C5(C)CCC(OC6OC(COC7OC(CO)C(O)C(O)C7O)C(O)C(O)C6O)C(C)(C)C5CCC43C)C2C1. The molecule has 18 nitrogen and oxygen atoms in total. The summed E-state index contributed by atoms with van der Waals surface area (Å²) < 4.78 is 35.5. The van der Waals surface area contributed by atoms with Gasteiger partial charge in [0.2, 0.25) is 6.29 Å². The monoisotopic (exact) mass is 943 g/mol. The maximum absolute atomic E-state index is 14.7. The highest BCUT2D eigenvalue weighted by Crippen LogP contribution is 2.76. The van der Waals surface area contributed by atoms with E-state index in [1.807, 2.05) is 0 Å². The second kappa shape index (κ2) is 18.0. The van der Waals surface area contributed by atoms with E-state index in [1.165, 1.54) is 5.57 Å². The maximum atomic E-state index is 14.7. The van der Waals surface area contributed by atoms with Crippen molar-refractivity contribution in [2.75, 3.05) is 19.8 Å². The average molecular weight is 943 g/mol. The molecule has 3 heterocycles. The highest BCUT2D eigenvalue weighted by molar-refractivity contribution is 5.79. The topological polar surface area (TPSA) is 295 Å². The molecule has 8 aliphatic rings. The normalized spacial score (nSPS) is 53.3. The van der Waals surface area contributed by atoms with Crippen LogP contribution in [-0.4, -0.2) is 180 Å². The number of aliphatic hydroxyl groups is 11. The number of hydrogen-bond donors (Lipinski definition) is 11. The number of esters is 1. The Morgan fingerprint density at radius 1 is 0.621 bits per heavy atom. The molecule has 11 N–H and O–H groups in total. The first-order valence-corrected chi connectivity index (χ1v) is 24.3. The van der Waals surface area contributed by atoms with E-state index < -0.39 is 135 Å². The summed E-state index contributed by atoms with van der Waals surface area (Å²) in [7, 11) is 0. The molecule has 4 saturated carbocycles. The van der Waals surface area contributed by atoms with Gasteiger partial charge in [-0.2, -0.15) is 0 Å². The lowest BCUT2D eigenvalue weighted by atomic mass is 9.33. The van der Waals surface area contributed by atoms with Crippen LogP contribution in [0.3, 0.4) is 0 Å². The third-order valence-corrected chi connectivity index (χ3v) is 19.3. The molecule has 0 spiro atoms. The number of rotatable bonds is 9. The molecule has 3 aliphatic heterocycles. The van der Waals surface area contributed by atoms with Crippen LogP contribution in [0.15, 0.2) is 11.6 Å². The quantitative estimate of drug-likeness (QED) is 0.0833. The molecule has 0 radical (unpaired) electrons. The first-order chi connectivity index (χ1) is 30.8. The van der Waals surface area contributed by atoms with Crippen LogP contribution in [0.5, 0.6) is 0 Å². The summed E-state index contributed by atoms with van der Waals surface area (Å²) in [6.07, 6.45) is -13.2. The highest BCUT2D eigenvalue weighted by atomic mass is 16.7. The molecule has 378 valence electrons. The average Bonchev–Trinajstić information content (AvgIpc) is 3.26. The minimum atomic E-state index is -1.69. The van der Waals surface area contributed by atoms with E-state index in [0.29, 0.717) is 19.3 Å². The van der Waals surface area contributed by atoms with Gasteiger partial charge in [0.25, 0.3) is 0 Å². The van der Waals surface area contributed by atoms with E-state index >= 15 is 0 Å². The molecule has 0 aromatic carbocycles. The fourth-order valence-corrected chi connectivity index (χ4v) is 14.9. The number of aliphatic hydroxyl groups excluding tert-OH is 11. The molecule has 0 aromatic heterocycles. The molecule has 0 amide bonds. The third-order valence-electron chi connectivity index (χ3n) is 19.3. The van der Waals surface area contributed by atoms with Crippen LogP contribution in [0, 0.1) is 50.2 Å². The summed E-state index contributed by atoms with van der Waals surface area (Å²) in [4.78, 5) is 14.7. The number of allylic oxidation sites excluding steroid dienone is 2. The van der Waals surface area contributed by atoms with Crippen molar-refractivity contribution in [3.8, 4) is 0 Å². The molecule has 23 unspecified atom stereocenters. The lowest BCUT2D eigenvalue weighted by molar-refractivity contribution is -0.345. The summed E-state index contributed by atoms with van der Waals surface area (Å²) in [5, 5.41) is 115. The number of carbonyl (C=O) groups is 1. The molecule has 3 saturated heterocycles. The first kappa shape index (κ1) is 50.9. The highest BCUT2D eigenvalue weighted by Gasteiger charge is 2.70. The standard InChI is InChI=1S/C48H78O18/c1-43(2)14-16-48(42(60)66-41-38(59)34(55)31(52)25(20-50)63-41)17-15-46(6)22(23(48)18-43)8-9-28-45(5)12-11-29(44(3,4)27(45)10-13-47(28,46)7)65-40-37(58)35(56)32(53)26(64-40)21-61-39-36(57)33(54)30(51)24(19-49)62-39/h8,23-41,49-59H,9-21H2,1-7H3. The van der Waals surface area contributed by atoms with Crippen molar-refractivity contribution in [3.05, 3.63) is 11.6 Å². The summed E-state index contributed by atoms with van der Waals surface area (Å²) in [5.74, 6) is -0.157. The van der Waals surface area contributed by atoms with Crippen LogP contribution >= 0.6 is 0 Å². The molecule has 23 atom stereocenters. The lowest BCUT2D eigenvalue weighted by Crippen LogP contribution is -2.66. The Morgan fingerprint density at radius 2 is 1.17 bits per heavy atom. The van der Waals surface area contributed by atoms with Gasteiger partial charge < -0.3 is 84.6 Å². The van der Waals surface area contributed by atoms with Gasteiger partial charge in [0, 0.05) is 0 Å². The predicted octanol–water partition coefficient (Wildman–Crippen LogP) is 0.141. The zero-order valence-electron chi connectivity index (χ0n) is 39.5. The summed E-state index contributed by atoms with van der Waals surface area (Å²) in [5.41, 5.74) is -0.613. The zero-order valence-corrected chi connectivity index (χ0v) is 39.5. The number of carbonyl (C=O) groups excluding carboxylic acids is 1. The molecular weight excluding hydrogens is 865 g/mol. The Morgan fingerprint density at radius 3 is 1.79 bits per heavy atom. The van der Waals surface area contributed by atoms with Crippen LogP contribution in [-0.2, 0) is 33.2 Å². The second-order valence-corrected chi connectivity index (χ2v) is 23.5. The van der Waals surface area contributed by atoms with E-state index in [2.05, 4.69) is 54.5 Å². The summed E-state index contributed by atoms with van der Waals surface area (Å²) in [6, 6.07) is 0. The van der Waals surface area contributed by atoms with E-state index in [-0.39, 0.29) is 39.4 Å². The van der Waals surface area contributed by atoms with Crippen LogP contribution in [0.4, 0.5) is 0 Å². The molecule has 7 fully saturated rings. The Hall–Kier alpha value is -1.43. The van der Waals surface area contributed by atoms with Gasteiger partial charge in [0.15, 0.2) is 12.6 Å². The van der Waals surface area contributed by atoms with Gasteiger partial charge in [0.05, 0.1) is 31.3 Å². The Kier molecular flexibility index (Phi) is 13.9. The van der Waals surface area contributed by atoms with Crippen molar-refractivity contribution in [2.45, 2.75) is 211 Å². The Labute approximate surface area is 387 Å². The number of ether oxygens (including phenoxy) is 6. The van der Waals surface area contributed by atoms with Gasteiger partial charge in [-0.1, -0.05) is 60.1 Å². The molecule has 18 heteroatoms. The van der Waals surface area contributed by atoms with E-state index in [0.717, 1.165) is 44.9 Å². The lowest BCUT2D eigenvalue weighted by Gasteiger charge is -2.71. The van der Waals surface area contributed by atoms with Gasteiger partial charge in [0.1, 0.15) is 73.2 Å². The largest absolute Gasteiger partial charge is 0.432 e. The molecule has 0 aromatic rings. The van der Waals surface area contributed by atoms with E-state index in [1.54, 1.807) is 0 Å². The molecule has 8 rings (SSSR count). The molecular formula is C48H78O18. The fourth-order valence-electron chi connectivity index (χ4n) is 14.9. The minimum absolute atomic E-state index is 0.0540. The summed E-state index contributed by atoms with van der Waals surface area (Å²) in [6.45, 7) is 14.4. The van der Waals surface area contributed by atoms with Crippen LogP contribution in [0.25, 0.3) is 0 Å². The Balaban J connectivity index is 0.995. The Bertz CT molecular complexity index is 1790. The minimum Gasteiger partial charge on any atom is -0.432 e. The van der Waals surface area contributed by atoms with Crippen molar-refractivity contribution in [1.82, 2.24) is 0 Å². The van der Waals surface area contributed by atoms with Crippen LogP contribution in [0.2, 0.25) is 0 Å². The van der Waals surface area contributed by atoms with Gasteiger partial charge in [-0.3, -0.25) is 4.79 Å². The fraction of sp³-hybridized carbons (Fsp3) is 0.938. The van der Waals surface area contributed by atoms with E-state index in [9.17, 15) is 61.0 Å². The van der Waals surface area contributed by atoms with Crippen LogP contribution < -0.4 is 0 Å². The smallest absolute Gasteiger partial charge is 0.315 e. The molecule has 5 aliphatic carbocycles. The zero-order chi connectivity index (χ0) is 48.3. The maximum Gasteiger partial charge on any atom is 0.315 e. The van der Waals surface area contributed by atoms with Gasteiger partial charge in [-0.25, -0.2) is 0 Å². The van der Waals surface area contributed by atoms with Gasteiger partial charge >= 0.3 is 5.97 Å². The van der Waals surface area contributed by atoms with Crippen molar-refractivity contribution >= 4 is 5.97 Å². The predicted molar refractivity (Wildman–Crippen MR) is 230 cm³/mol. The molecule has 0 bridgehead atoms. The number of hydrogen-bond acceptors (Lipinski definition) is 18. The van der Waals surface area contributed by atoms with Crippen molar-refractivity contribution in [1.29, 1.82) is 0 Å². The van der Waals surface area contributed by atoms with Crippen molar-refractivity contribution < 1.29 is 89.4 Å². The van der Waals surface area contributed by atoms with Gasteiger partial charge in [-0.15, -0.1) is 0 Å². The first-order valence-electron chi connectivity index (χ1n) is 24.3. The van der Waals surface area contributed by atoms with Crippen molar-refractivity contribution in [3.63, 3.8) is 0 Å².